The molecule has 0 spiro atoms. The number of hydrogen-bond acceptors (Lipinski definition) is 0. The maximum atomic E-state index is 3.87. The van der Waals surface area contributed by atoms with E-state index in [1.54, 1.807) is 0 Å². The van der Waals surface area contributed by atoms with Crippen LogP contribution < -0.4 is 0 Å². The van der Waals surface area contributed by atoms with Gasteiger partial charge in [-0.15, -0.1) is 0 Å². The maximum absolute atomic E-state index is 3.87. The number of benzene rings is 1. The number of halogens is 1. The first kappa shape index (κ1) is 13.1. The highest BCUT2D eigenvalue weighted by molar-refractivity contribution is 9.09. The van der Waals surface area contributed by atoms with Crippen LogP contribution in [0.25, 0.3) is 0 Å². The highest BCUT2D eigenvalue weighted by Gasteiger charge is 2.32. The van der Waals surface area contributed by atoms with Crippen molar-refractivity contribution in [3.63, 3.8) is 0 Å². The normalized spacial score (nSPS) is 20.9. The van der Waals surface area contributed by atoms with Gasteiger partial charge in [0.15, 0.2) is 0 Å². The summed E-state index contributed by atoms with van der Waals surface area (Å²) >= 11 is 3.87. The van der Waals surface area contributed by atoms with E-state index in [9.17, 15) is 0 Å². The molecule has 0 aromatic heterocycles. The quantitative estimate of drug-likeness (QED) is 0.613. The van der Waals surface area contributed by atoms with Gasteiger partial charge in [-0.1, -0.05) is 61.0 Å². The predicted molar refractivity (Wildman–Crippen MR) is 78.7 cm³/mol. The maximum Gasteiger partial charge on any atom is 0.0423 e. The van der Waals surface area contributed by atoms with Gasteiger partial charge in [-0.05, 0) is 48.1 Å². The molecule has 0 aliphatic heterocycles. The standard InChI is InChI=1S/C16H23Br/c1-4-11(2)13-5-9-15(10-6-13)16(17)12(3)14-7-8-14/h5-6,9-12,14,16H,4,7-8H2,1-3H3. The summed E-state index contributed by atoms with van der Waals surface area (Å²) in [5.41, 5.74) is 2.91. The van der Waals surface area contributed by atoms with E-state index in [-0.39, 0.29) is 0 Å². The van der Waals surface area contributed by atoms with Crippen molar-refractivity contribution in [3.8, 4) is 0 Å². The Morgan fingerprint density at radius 2 is 1.65 bits per heavy atom. The van der Waals surface area contributed by atoms with Crippen molar-refractivity contribution >= 4 is 15.9 Å². The van der Waals surface area contributed by atoms with Gasteiger partial charge in [0.25, 0.3) is 0 Å². The molecule has 0 nitrogen and oxygen atoms in total. The van der Waals surface area contributed by atoms with E-state index >= 15 is 0 Å². The summed E-state index contributed by atoms with van der Waals surface area (Å²) in [5.74, 6) is 2.40. The van der Waals surface area contributed by atoms with Crippen LogP contribution in [0.1, 0.15) is 61.9 Å². The lowest BCUT2D eigenvalue weighted by Gasteiger charge is -2.19. The fourth-order valence-corrected chi connectivity index (χ4v) is 3.15. The Hall–Kier alpha value is -0.300. The minimum Gasteiger partial charge on any atom is -0.0836 e. The van der Waals surface area contributed by atoms with Crippen LogP contribution in [-0.4, -0.2) is 0 Å². The molecule has 2 rings (SSSR count). The first-order valence-corrected chi connectivity index (χ1v) is 7.79. The molecule has 1 aliphatic carbocycles. The first-order valence-electron chi connectivity index (χ1n) is 6.87. The Balaban J connectivity index is 2.06. The van der Waals surface area contributed by atoms with Crippen LogP contribution in [0.3, 0.4) is 0 Å². The molecule has 0 bridgehead atoms. The molecule has 1 saturated carbocycles. The fraction of sp³-hybridized carbons (Fsp3) is 0.625. The molecule has 0 heterocycles. The van der Waals surface area contributed by atoms with Gasteiger partial charge in [0.2, 0.25) is 0 Å². The second-order valence-electron chi connectivity index (χ2n) is 5.57. The van der Waals surface area contributed by atoms with E-state index < -0.39 is 0 Å². The largest absolute Gasteiger partial charge is 0.0836 e. The van der Waals surface area contributed by atoms with E-state index in [1.807, 2.05) is 0 Å². The number of alkyl halides is 1. The van der Waals surface area contributed by atoms with E-state index in [4.69, 9.17) is 0 Å². The highest BCUT2D eigenvalue weighted by atomic mass is 79.9. The summed E-state index contributed by atoms with van der Waals surface area (Å²) in [5, 5.41) is 0. The topological polar surface area (TPSA) is 0 Å². The van der Waals surface area contributed by atoms with Gasteiger partial charge >= 0.3 is 0 Å². The smallest absolute Gasteiger partial charge is 0.0423 e. The minimum absolute atomic E-state index is 0.529. The molecule has 0 amide bonds. The van der Waals surface area contributed by atoms with Crippen molar-refractivity contribution < 1.29 is 0 Å². The summed E-state index contributed by atoms with van der Waals surface area (Å²) in [6.07, 6.45) is 4.07. The zero-order valence-electron chi connectivity index (χ0n) is 11.1. The Labute approximate surface area is 114 Å². The molecule has 1 aromatic carbocycles. The van der Waals surface area contributed by atoms with Crippen molar-refractivity contribution in [3.05, 3.63) is 35.4 Å². The van der Waals surface area contributed by atoms with Crippen LogP contribution in [0, 0.1) is 11.8 Å². The Kier molecular flexibility index (Phi) is 4.30. The summed E-state index contributed by atoms with van der Waals surface area (Å²) in [6.45, 7) is 6.92. The van der Waals surface area contributed by atoms with Crippen LogP contribution in [0.5, 0.6) is 0 Å². The van der Waals surface area contributed by atoms with Crippen molar-refractivity contribution in [1.82, 2.24) is 0 Å². The molecule has 1 aliphatic rings. The zero-order chi connectivity index (χ0) is 12.4. The molecule has 94 valence electrons. The number of hydrogen-bond donors (Lipinski definition) is 0. The van der Waals surface area contributed by atoms with Crippen LogP contribution in [0.15, 0.2) is 24.3 Å². The molecule has 1 fully saturated rings. The third kappa shape index (κ3) is 3.13. The van der Waals surface area contributed by atoms with Crippen molar-refractivity contribution in [2.45, 2.75) is 50.8 Å². The monoisotopic (exact) mass is 294 g/mol. The van der Waals surface area contributed by atoms with Crippen LogP contribution in [0.2, 0.25) is 0 Å². The first-order chi connectivity index (χ1) is 8.13. The SMILES string of the molecule is CCC(C)c1ccc(C(Br)C(C)C2CC2)cc1. The third-order valence-corrected chi connectivity index (χ3v) is 5.63. The molecule has 17 heavy (non-hydrogen) atoms. The van der Waals surface area contributed by atoms with Gasteiger partial charge in [0.05, 0.1) is 0 Å². The van der Waals surface area contributed by atoms with Crippen molar-refractivity contribution in [2.75, 3.05) is 0 Å². The van der Waals surface area contributed by atoms with Gasteiger partial charge in [0, 0.05) is 4.83 Å². The zero-order valence-corrected chi connectivity index (χ0v) is 12.7. The van der Waals surface area contributed by atoms with Crippen molar-refractivity contribution in [1.29, 1.82) is 0 Å². The van der Waals surface area contributed by atoms with Gasteiger partial charge in [-0.2, -0.15) is 0 Å². The predicted octanol–water partition coefficient (Wildman–Crippen LogP) is 5.68. The minimum atomic E-state index is 0.529. The van der Waals surface area contributed by atoms with Crippen molar-refractivity contribution in [2.24, 2.45) is 11.8 Å². The van der Waals surface area contributed by atoms with Gasteiger partial charge in [-0.3, -0.25) is 0 Å². The van der Waals surface area contributed by atoms with Crippen LogP contribution in [-0.2, 0) is 0 Å². The third-order valence-electron chi connectivity index (χ3n) is 4.26. The summed E-state index contributed by atoms with van der Waals surface area (Å²) in [4.78, 5) is 0.529. The molecule has 0 saturated heterocycles. The summed E-state index contributed by atoms with van der Waals surface area (Å²) < 4.78 is 0. The fourth-order valence-electron chi connectivity index (χ4n) is 2.41. The Morgan fingerprint density at radius 3 is 2.12 bits per heavy atom. The van der Waals surface area contributed by atoms with E-state index in [1.165, 1.54) is 30.4 Å². The van der Waals surface area contributed by atoms with Crippen LogP contribution in [0.4, 0.5) is 0 Å². The molecular weight excluding hydrogens is 272 g/mol. The summed E-state index contributed by atoms with van der Waals surface area (Å²) in [6, 6.07) is 9.22. The average Bonchev–Trinajstić information content (AvgIpc) is 3.20. The van der Waals surface area contributed by atoms with E-state index in [0.717, 1.165) is 11.8 Å². The highest BCUT2D eigenvalue weighted by Crippen LogP contribution is 2.46. The molecular formula is C16H23Br. The molecule has 1 heteroatoms. The van der Waals surface area contributed by atoms with Crippen LogP contribution >= 0.6 is 15.9 Å². The molecule has 3 atom stereocenters. The Bertz CT molecular complexity index is 350. The van der Waals surface area contributed by atoms with Gasteiger partial charge in [0.1, 0.15) is 0 Å². The van der Waals surface area contributed by atoms with E-state index in [0.29, 0.717) is 10.7 Å². The second kappa shape index (κ2) is 5.56. The lowest BCUT2D eigenvalue weighted by atomic mass is 9.93. The average molecular weight is 295 g/mol. The van der Waals surface area contributed by atoms with Gasteiger partial charge < -0.3 is 0 Å². The number of rotatable bonds is 5. The van der Waals surface area contributed by atoms with E-state index in [2.05, 4.69) is 61.0 Å². The summed E-state index contributed by atoms with van der Waals surface area (Å²) in [7, 11) is 0. The lowest BCUT2D eigenvalue weighted by molar-refractivity contribution is 0.503. The molecule has 0 N–H and O–H groups in total. The second-order valence-corrected chi connectivity index (χ2v) is 6.56. The van der Waals surface area contributed by atoms with Gasteiger partial charge in [-0.25, -0.2) is 0 Å². The molecule has 0 radical (unpaired) electrons. The lowest BCUT2D eigenvalue weighted by Crippen LogP contribution is -2.05. The molecule has 1 aromatic rings. The Morgan fingerprint density at radius 1 is 1.12 bits per heavy atom. The molecule has 3 unspecified atom stereocenters.